The second-order valence-electron chi connectivity index (χ2n) is 5.71. The lowest BCUT2D eigenvalue weighted by Gasteiger charge is -2.11. The van der Waals surface area contributed by atoms with Crippen LogP contribution in [-0.4, -0.2) is 21.6 Å². The second-order valence-corrected chi connectivity index (χ2v) is 8.79. The van der Waals surface area contributed by atoms with Crippen LogP contribution in [-0.2, 0) is 24.2 Å². The van der Waals surface area contributed by atoms with E-state index in [2.05, 4.69) is 15.3 Å². The van der Waals surface area contributed by atoms with Gasteiger partial charge in [0.25, 0.3) is 0 Å². The van der Waals surface area contributed by atoms with Gasteiger partial charge in [0.05, 0.1) is 12.3 Å². The van der Waals surface area contributed by atoms with E-state index in [1.165, 1.54) is 45.3 Å². The summed E-state index contributed by atoms with van der Waals surface area (Å²) in [5, 5.41) is 7.13. The molecule has 1 amide bonds. The Labute approximate surface area is 152 Å². The zero-order valence-corrected chi connectivity index (χ0v) is 15.5. The molecule has 0 spiro atoms. The second kappa shape index (κ2) is 7.21. The Morgan fingerprint density at radius 3 is 3.08 bits per heavy atom. The molecule has 3 aromatic rings. The average molecular weight is 376 g/mol. The van der Waals surface area contributed by atoms with Crippen LogP contribution < -0.4 is 5.32 Å². The Balaban J connectivity index is 1.46. The number of aromatic nitrogens is 2. The Kier molecular flexibility index (Phi) is 4.82. The SMILES string of the molecule is O=C(CSc1ncnc2sc3c(c12)CCCC3)NCc1cccs1. The molecular weight excluding hydrogens is 358 g/mol. The van der Waals surface area contributed by atoms with Crippen molar-refractivity contribution in [1.29, 1.82) is 0 Å². The zero-order valence-electron chi connectivity index (χ0n) is 13.1. The fourth-order valence-corrected chi connectivity index (χ4v) is 5.75. The standard InChI is InChI=1S/C17H17N3OS3/c21-14(18-8-11-4-3-7-22-11)9-23-16-15-12-5-1-2-6-13(12)24-17(15)20-10-19-16/h3-4,7,10H,1-2,5-6,8-9H2,(H,18,21). The van der Waals surface area contributed by atoms with Crippen LogP contribution >= 0.6 is 34.4 Å². The molecular formula is C17H17N3OS3. The van der Waals surface area contributed by atoms with Crippen molar-refractivity contribution in [2.75, 3.05) is 5.75 Å². The van der Waals surface area contributed by atoms with Crippen molar-refractivity contribution in [3.8, 4) is 0 Å². The molecule has 1 N–H and O–H groups in total. The summed E-state index contributed by atoms with van der Waals surface area (Å²) >= 11 is 4.97. The molecule has 24 heavy (non-hydrogen) atoms. The number of amides is 1. The number of hydrogen-bond donors (Lipinski definition) is 1. The van der Waals surface area contributed by atoms with Gasteiger partial charge in [-0.05, 0) is 42.7 Å². The minimum atomic E-state index is 0.0456. The molecule has 0 unspecified atom stereocenters. The van der Waals surface area contributed by atoms with E-state index in [-0.39, 0.29) is 5.91 Å². The minimum absolute atomic E-state index is 0.0456. The van der Waals surface area contributed by atoms with Gasteiger partial charge >= 0.3 is 0 Å². The molecule has 0 radical (unpaired) electrons. The summed E-state index contributed by atoms with van der Waals surface area (Å²) in [5.74, 6) is 0.437. The van der Waals surface area contributed by atoms with Gasteiger partial charge in [-0.3, -0.25) is 4.79 Å². The summed E-state index contributed by atoms with van der Waals surface area (Å²) in [6.07, 6.45) is 6.39. The van der Waals surface area contributed by atoms with Crippen molar-refractivity contribution in [3.05, 3.63) is 39.2 Å². The number of thioether (sulfide) groups is 1. The zero-order chi connectivity index (χ0) is 16.4. The van der Waals surface area contributed by atoms with E-state index in [0.29, 0.717) is 12.3 Å². The molecule has 0 saturated heterocycles. The van der Waals surface area contributed by atoms with Crippen LogP contribution in [0.5, 0.6) is 0 Å². The molecule has 0 bridgehead atoms. The molecule has 0 saturated carbocycles. The van der Waals surface area contributed by atoms with Gasteiger partial charge in [0.1, 0.15) is 16.2 Å². The molecule has 0 aliphatic heterocycles. The number of aryl methyl sites for hydroxylation is 2. The van der Waals surface area contributed by atoms with Crippen LogP contribution in [0.15, 0.2) is 28.9 Å². The smallest absolute Gasteiger partial charge is 0.230 e. The third-order valence-electron chi connectivity index (χ3n) is 4.10. The molecule has 4 nitrogen and oxygen atoms in total. The van der Waals surface area contributed by atoms with Gasteiger partial charge in [-0.1, -0.05) is 17.8 Å². The molecule has 1 aliphatic carbocycles. The summed E-state index contributed by atoms with van der Waals surface area (Å²) < 4.78 is 0. The van der Waals surface area contributed by atoms with Crippen molar-refractivity contribution >= 4 is 50.6 Å². The number of carbonyl (C=O) groups excluding carboxylic acids is 1. The average Bonchev–Trinajstić information content (AvgIpc) is 3.25. The molecule has 7 heteroatoms. The lowest BCUT2D eigenvalue weighted by Crippen LogP contribution is -2.24. The van der Waals surface area contributed by atoms with Crippen LogP contribution in [0.1, 0.15) is 28.2 Å². The predicted molar refractivity (Wildman–Crippen MR) is 101 cm³/mol. The summed E-state index contributed by atoms with van der Waals surface area (Å²) in [6.45, 7) is 0.601. The monoisotopic (exact) mass is 375 g/mol. The van der Waals surface area contributed by atoms with Crippen molar-refractivity contribution in [3.63, 3.8) is 0 Å². The molecule has 0 atom stereocenters. The molecule has 3 heterocycles. The Hall–Kier alpha value is -1.44. The van der Waals surface area contributed by atoms with E-state index in [1.807, 2.05) is 17.5 Å². The summed E-state index contributed by atoms with van der Waals surface area (Å²) in [7, 11) is 0. The number of carbonyl (C=O) groups is 1. The third kappa shape index (κ3) is 3.34. The number of fused-ring (bicyclic) bond motifs is 3. The van der Waals surface area contributed by atoms with Gasteiger partial charge in [-0.15, -0.1) is 22.7 Å². The van der Waals surface area contributed by atoms with Crippen molar-refractivity contribution < 1.29 is 4.79 Å². The molecule has 4 rings (SSSR count). The molecule has 0 aromatic carbocycles. The van der Waals surface area contributed by atoms with E-state index in [1.54, 1.807) is 29.0 Å². The number of rotatable bonds is 5. The summed E-state index contributed by atoms with van der Waals surface area (Å²) in [4.78, 5) is 24.7. The van der Waals surface area contributed by atoms with Crippen molar-refractivity contribution in [2.45, 2.75) is 37.3 Å². The topological polar surface area (TPSA) is 54.9 Å². The van der Waals surface area contributed by atoms with Crippen LogP contribution in [0.2, 0.25) is 0 Å². The highest BCUT2D eigenvalue weighted by Gasteiger charge is 2.20. The highest BCUT2D eigenvalue weighted by atomic mass is 32.2. The van der Waals surface area contributed by atoms with E-state index < -0.39 is 0 Å². The van der Waals surface area contributed by atoms with Crippen molar-refractivity contribution in [2.24, 2.45) is 0 Å². The number of nitrogens with one attached hydrogen (secondary N) is 1. The van der Waals surface area contributed by atoms with Crippen molar-refractivity contribution in [1.82, 2.24) is 15.3 Å². The molecule has 1 aliphatic rings. The first-order valence-electron chi connectivity index (χ1n) is 7.98. The fourth-order valence-electron chi connectivity index (χ4n) is 2.95. The molecule has 3 aromatic heterocycles. The summed E-state index contributed by atoms with van der Waals surface area (Å²) in [6, 6.07) is 4.03. The molecule has 0 fully saturated rings. The fraction of sp³-hybridized carbons (Fsp3) is 0.353. The van der Waals surface area contributed by atoms with Crippen LogP contribution in [0.3, 0.4) is 0 Å². The van der Waals surface area contributed by atoms with Gasteiger partial charge in [-0.25, -0.2) is 9.97 Å². The Morgan fingerprint density at radius 2 is 2.21 bits per heavy atom. The first-order valence-corrected chi connectivity index (χ1v) is 10.7. The highest BCUT2D eigenvalue weighted by Crippen LogP contribution is 2.39. The quantitative estimate of drug-likeness (QED) is 0.540. The van der Waals surface area contributed by atoms with Gasteiger partial charge in [0.2, 0.25) is 5.91 Å². The first-order chi connectivity index (χ1) is 11.8. The molecule has 124 valence electrons. The Morgan fingerprint density at radius 1 is 1.29 bits per heavy atom. The maximum atomic E-state index is 12.1. The van der Waals surface area contributed by atoms with E-state index >= 15 is 0 Å². The maximum Gasteiger partial charge on any atom is 0.230 e. The lowest BCUT2D eigenvalue weighted by molar-refractivity contribution is -0.118. The van der Waals surface area contributed by atoms with E-state index in [9.17, 15) is 4.79 Å². The lowest BCUT2D eigenvalue weighted by atomic mass is 9.97. The number of nitrogens with zero attached hydrogens (tertiary/aromatic N) is 2. The van der Waals surface area contributed by atoms with Crippen LogP contribution in [0, 0.1) is 0 Å². The van der Waals surface area contributed by atoms with Gasteiger partial charge < -0.3 is 5.32 Å². The summed E-state index contributed by atoms with van der Waals surface area (Å²) in [5.41, 5.74) is 1.42. The van der Waals surface area contributed by atoms with E-state index in [0.717, 1.165) is 22.7 Å². The largest absolute Gasteiger partial charge is 0.350 e. The normalized spacial score (nSPS) is 13.8. The van der Waals surface area contributed by atoms with E-state index in [4.69, 9.17) is 0 Å². The van der Waals surface area contributed by atoms with Gasteiger partial charge in [-0.2, -0.15) is 0 Å². The number of hydrogen-bond acceptors (Lipinski definition) is 6. The van der Waals surface area contributed by atoms with Gasteiger partial charge in [0, 0.05) is 15.1 Å². The highest BCUT2D eigenvalue weighted by molar-refractivity contribution is 8.00. The first kappa shape index (κ1) is 16.1. The van der Waals surface area contributed by atoms with Crippen LogP contribution in [0.4, 0.5) is 0 Å². The maximum absolute atomic E-state index is 12.1. The van der Waals surface area contributed by atoms with Gasteiger partial charge in [0.15, 0.2) is 0 Å². The van der Waals surface area contributed by atoms with Crippen LogP contribution in [0.25, 0.3) is 10.2 Å². The predicted octanol–water partition coefficient (Wildman–Crippen LogP) is 4.04. The minimum Gasteiger partial charge on any atom is -0.350 e. The Bertz CT molecular complexity index is 857. The third-order valence-corrected chi connectivity index (χ3v) is 7.16. The number of thiophene rings is 2.